The number of aromatic nitrogens is 1. The van der Waals surface area contributed by atoms with E-state index in [0.29, 0.717) is 12.1 Å². The van der Waals surface area contributed by atoms with Gasteiger partial charge in [0, 0.05) is 39.4 Å². The highest BCUT2D eigenvalue weighted by atomic mass is 79.9. The third-order valence-corrected chi connectivity index (χ3v) is 4.01. The van der Waals surface area contributed by atoms with Crippen molar-refractivity contribution >= 4 is 31.9 Å². The van der Waals surface area contributed by atoms with Crippen LogP contribution >= 0.6 is 31.9 Å². The summed E-state index contributed by atoms with van der Waals surface area (Å²) in [6.45, 7) is 2.30. The highest BCUT2D eigenvalue weighted by Crippen LogP contribution is 2.21. The number of nitrogens with one attached hydrogen (secondary N) is 1. The van der Waals surface area contributed by atoms with E-state index in [9.17, 15) is 8.78 Å². The molecular formula is C14H12Br2F2N2. The Bertz CT molecular complexity index is 620. The summed E-state index contributed by atoms with van der Waals surface area (Å²) >= 11 is 6.75. The second kappa shape index (κ2) is 6.74. The third kappa shape index (κ3) is 3.84. The maximum Gasteiger partial charge on any atom is 0.130 e. The molecule has 1 N–H and O–H groups in total. The predicted molar refractivity (Wildman–Crippen MR) is 81.2 cm³/mol. The van der Waals surface area contributed by atoms with Crippen LogP contribution < -0.4 is 5.32 Å². The predicted octanol–water partition coefficient (Wildman–Crippen LogP) is 4.74. The Balaban J connectivity index is 2.06. The molecule has 0 saturated heterocycles. The molecule has 1 atom stereocenters. The number of pyridine rings is 1. The molecule has 6 heteroatoms. The van der Waals surface area contributed by atoms with Gasteiger partial charge in [0.1, 0.15) is 11.6 Å². The third-order valence-electron chi connectivity index (χ3n) is 2.89. The van der Waals surface area contributed by atoms with Crippen molar-refractivity contribution in [1.29, 1.82) is 0 Å². The lowest BCUT2D eigenvalue weighted by atomic mass is 10.1. The van der Waals surface area contributed by atoms with Crippen molar-refractivity contribution < 1.29 is 8.78 Å². The summed E-state index contributed by atoms with van der Waals surface area (Å²) in [6.07, 6.45) is 1.70. The van der Waals surface area contributed by atoms with E-state index in [1.807, 2.05) is 13.0 Å². The van der Waals surface area contributed by atoms with E-state index in [0.717, 1.165) is 20.7 Å². The van der Waals surface area contributed by atoms with E-state index in [1.54, 1.807) is 6.20 Å². The second-order valence-electron chi connectivity index (χ2n) is 4.35. The van der Waals surface area contributed by atoms with Crippen LogP contribution in [0.1, 0.15) is 24.2 Å². The van der Waals surface area contributed by atoms with Gasteiger partial charge < -0.3 is 5.32 Å². The summed E-state index contributed by atoms with van der Waals surface area (Å²) in [7, 11) is 0. The first-order valence-corrected chi connectivity index (χ1v) is 7.54. The lowest BCUT2D eigenvalue weighted by Crippen LogP contribution is -2.20. The first kappa shape index (κ1) is 15.5. The van der Waals surface area contributed by atoms with Crippen molar-refractivity contribution in [2.45, 2.75) is 19.5 Å². The van der Waals surface area contributed by atoms with Crippen molar-refractivity contribution in [1.82, 2.24) is 10.3 Å². The normalized spacial score (nSPS) is 12.4. The zero-order valence-electron chi connectivity index (χ0n) is 10.6. The topological polar surface area (TPSA) is 24.9 Å². The molecule has 0 aliphatic carbocycles. The maximum absolute atomic E-state index is 13.6. The Labute approximate surface area is 132 Å². The molecule has 2 rings (SSSR count). The van der Waals surface area contributed by atoms with Gasteiger partial charge in [0.15, 0.2) is 0 Å². The summed E-state index contributed by atoms with van der Waals surface area (Å²) in [5.74, 6) is -1.12. The van der Waals surface area contributed by atoms with Crippen LogP contribution in [0.25, 0.3) is 0 Å². The quantitative estimate of drug-likeness (QED) is 0.794. The SMILES string of the molecule is CC(NCc1ncc(Br)cc1Br)c1ccc(F)cc1F. The number of nitrogens with zero attached hydrogens (tertiary/aromatic N) is 1. The highest BCUT2D eigenvalue weighted by molar-refractivity contribution is 9.11. The molecule has 0 aliphatic rings. The Morgan fingerprint density at radius 1 is 1.25 bits per heavy atom. The summed E-state index contributed by atoms with van der Waals surface area (Å²) in [6, 6.07) is 5.25. The Morgan fingerprint density at radius 2 is 2.00 bits per heavy atom. The lowest BCUT2D eigenvalue weighted by Gasteiger charge is -2.15. The fourth-order valence-electron chi connectivity index (χ4n) is 1.79. The van der Waals surface area contributed by atoms with Gasteiger partial charge in [-0.05, 0) is 50.9 Å². The first-order valence-electron chi connectivity index (χ1n) is 5.95. The van der Waals surface area contributed by atoms with Gasteiger partial charge in [0.2, 0.25) is 0 Å². The van der Waals surface area contributed by atoms with Crippen LogP contribution in [0.4, 0.5) is 8.78 Å². The average molecular weight is 406 g/mol. The molecule has 2 aromatic rings. The summed E-state index contributed by atoms with van der Waals surface area (Å²) in [4.78, 5) is 4.27. The van der Waals surface area contributed by atoms with Crippen LogP contribution in [0.2, 0.25) is 0 Å². The summed E-state index contributed by atoms with van der Waals surface area (Å²) in [5, 5.41) is 3.17. The van der Waals surface area contributed by atoms with Crippen molar-refractivity contribution in [3.63, 3.8) is 0 Å². The van der Waals surface area contributed by atoms with E-state index in [1.165, 1.54) is 12.1 Å². The van der Waals surface area contributed by atoms with Crippen LogP contribution in [0.15, 0.2) is 39.4 Å². The maximum atomic E-state index is 13.6. The zero-order chi connectivity index (χ0) is 14.7. The molecule has 0 radical (unpaired) electrons. The molecule has 1 heterocycles. The van der Waals surface area contributed by atoms with Gasteiger partial charge in [-0.1, -0.05) is 6.07 Å². The standard InChI is InChI=1S/C14H12Br2F2N2/c1-8(11-3-2-10(17)5-13(11)18)19-7-14-12(16)4-9(15)6-20-14/h2-6,8,19H,7H2,1H3. The molecule has 0 fully saturated rings. The fourth-order valence-corrected chi connectivity index (χ4v) is 2.91. The van der Waals surface area contributed by atoms with Gasteiger partial charge >= 0.3 is 0 Å². The zero-order valence-corrected chi connectivity index (χ0v) is 13.8. The van der Waals surface area contributed by atoms with E-state index >= 15 is 0 Å². The van der Waals surface area contributed by atoms with E-state index in [-0.39, 0.29) is 6.04 Å². The fraction of sp³-hybridized carbons (Fsp3) is 0.214. The molecule has 106 valence electrons. The molecule has 1 aromatic carbocycles. The summed E-state index contributed by atoms with van der Waals surface area (Å²) in [5.41, 5.74) is 1.25. The lowest BCUT2D eigenvalue weighted by molar-refractivity contribution is 0.514. The van der Waals surface area contributed by atoms with Gasteiger partial charge in [0.25, 0.3) is 0 Å². The van der Waals surface area contributed by atoms with Gasteiger partial charge in [-0.3, -0.25) is 4.98 Å². The minimum absolute atomic E-state index is 0.243. The van der Waals surface area contributed by atoms with Gasteiger partial charge in [-0.25, -0.2) is 8.78 Å². The van der Waals surface area contributed by atoms with Crippen LogP contribution in [-0.2, 0) is 6.54 Å². The second-order valence-corrected chi connectivity index (χ2v) is 6.12. The molecule has 1 aromatic heterocycles. The minimum atomic E-state index is -0.573. The molecule has 2 nitrogen and oxygen atoms in total. The Hall–Kier alpha value is -0.850. The smallest absolute Gasteiger partial charge is 0.130 e. The molecule has 20 heavy (non-hydrogen) atoms. The largest absolute Gasteiger partial charge is 0.304 e. The van der Waals surface area contributed by atoms with E-state index < -0.39 is 11.6 Å². The van der Waals surface area contributed by atoms with Crippen LogP contribution in [0.3, 0.4) is 0 Å². The van der Waals surface area contributed by atoms with Crippen molar-refractivity contribution in [3.8, 4) is 0 Å². The monoisotopic (exact) mass is 404 g/mol. The average Bonchev–Trinajstić information content (AvgIpc) is 2.37. The van der Waals surface area contributed by atoms with Crippen LogP contribution in [-0.4, -0.2) is 4.98 Å². The van der Waals surface area contributed by atoms with Crippen LogP contribution in [0.5, 0.6) is 0 Å². The molecule has 0 spiro atoms. The van der Waals surface area contributed by atoms with Crippen LogP contribution in [0, 0.1) is 11.6 Å². The van der Waals surface area contributed by atoms with E-state index in [4.69, 9.17) is 0 Å². The number of halogens is 4. The molecule has 0 amide bonds. The molecule has 0 saturated carbocycles. The molecule has 0 bridgehead atoms. The first-order chi connectivity index (χ1) is 9.47. The molecule has 0 aliphatic heterocycles. The molecular weight excluding hydrogens is 394 g/mol. The van der Waals surface area contributed by atoms with Crippen molar-refractivity contribution in [3.05, 3.63) is 62.3 Å². The van der Waals surface area contributed by atoms with Crippen molar-refractivity contribution in [2.75, 3.05) is 0 Å². The van der Waals surface area contributed by atoms with Gasteiger partial charge in [0.05, 0.1) is 5.69 Å². The minimum Gasteiger partial charge on any atom is -0.304 e. The van der Waals surface area contributed by atoms with E-state index in [2.05, 4.69) is 42.2 Å². The summed E-state index contributed by atoms with van der Waals surface area (Å²) < 4.78 is 28.3. The number of rotatable bonds is 4. The van der Waals surface area contributed by atoms with Gasteiger partial charge in [-0.15, -0.1) is 0 Å². The Morgan fingerprint density at radius 3 is 2.65 bits per heavy atom. The molecule has 1 unspecified atom stereocenters. The van der Waals surface area contributed by atoms with Gasteiger partial charge in [-0.2, -0.15) is 0 Å². The highest BCUT2D eigenvalue weighted by Gasteiger charge is 2.12. The van der Waals surface area contributed by atoms with Crippen molar-refractivity contribution in [2.24, 2.45) is 0 Å². The number of hydrogen-bond donors (Lipinski definition) is 1. The Kier molecular flexibility index (Phi) is 5.23. The number of hydrogen-bond acceptors (Lipinski definition) is 2. The number of benzene rings is 1.